The molecule has 2 atom stereocenters. The van der Waals surface area contributed by atoms with Crippen molar-refractivity contribution in [3.05, 3.63) is 140 Å². The molecule has 18 heteroatoms. The van der Waals surface area contributed by atoms with Gasteiger partial charge in [-0.1, -0.05) is 61.3 Å². The molecule has 0 fully saturated rings. The van der Waals surface area contributed by atoms with E-state index in [-0.39, 0.29) is 44.3 Å². The SMILES string of the molecule is CCc1cc(NC(=O)C(N=Nc2ccc(Cl)c(C(=O)Nc3cccc(CCl)c3)c2)C(C)=O)cc(CC)c1NC(=O)C(N=Nc1ccc(Cl)c(C(=O)Nc2cccc(CCl)c2)c1)C(C)=O. The largest absolute Gasteiger partial charge is 0.324 e. The topological polar surface area (TPSA) is 200 Å². The average molecular weight is 945 g/mol. The first kappa shape index (κ1) is 48.7. The van der Waals surface area contributed by atoms with Gasteiger partial charge in [0, 0.05) is 34.5 Å². The molecule has 330 valence electrons. The standard InChI is InChI=1S/C46H42Cl4N8O6/c1-5-29-19-35(53-45(63)40(25(3)59)57-55-33-13-15-38(49)36(21-33)43(61)51-31-11-7-9-27(17-31)23-47)20-30(6-2)42(29)54-46(64)41(26(4)60)58-56-34-14-16-39(50)37(22-34)44(62)52-32-12-8-10-28(18-32)24-48/h7-22,40-41H,5-6,23-24H2,1-4H3,(H,51,61)(H,52,62)(H,53,63)(H,54,64). The van der Waals surface area contributed by atoms with Crippen molar-refractivity contribution in [3.63, 3.8) is 0 Å². The minimum atomic E-state index is -1.55. The monoisotopic (exact) mass is 942 g/mol. The molecule has 0 saturated carbocycles. The van der Waals surface area contributed by atoms with Crippen molar-refractivity contribution in [3.8, 4) is 0 Å². The second-order valence-electron chi connectivity index (χ2n) is 14.2. The van der Waals surface area contributed by atoms with E-state index < -0.39 is 47.3 Å². The van der Waals surface area contributed by atoms with Gasteiger partial charge in [0.05, 0.1) is 32.5 Å². The first-order valence-electron chi connectivity index (χ1n) is 19.8. The van der Waals surface area contributed by atoms with E-state index in [0.717, 1.165) is 11.1 Å². The third-order valence-corrected chi connectivity index (χ3v) is 10.8. The van der Waals surface area contributed by atoms with Gasteiger partial charge in [0.15, 0.2) is 11.6 Å². The Morgan fingerprint density at radius 1 is 0.531 bits per heavy atom. The molecule has 0 bridgehead atoms. The number of aryl methyl sites for hydroxylation is 2. The maximum Gasteiger partial charge on any atom is 0.258 e. The number of rotatable bonds is 18. The molecule has 0 aromatic heterocycles. The van der Waals surface area contributed by atoms with Gasteiger partial charge in [0.2, 0.25) is 12.1 Å². The van der Waals surface area contributed by atoms with Crippen LogP contribution in [0.4, 0.5) is 34.1 Å². The van der Waals surface area contributed by atoms with Gasteiger partial charge < -0.3 is 21.3 Å². The summed E-state index contributed by atoms with van der Waals surface area (Å²) in [4.78, 5) is 78.8. The highest BCUT2D eigenvalue weighted by atomic mass is 35.5. The molecule has 4 N–H and O–H groups in total. The number of hydrogen-bond acceptors (Lipinski definition) is 10. The Morgan fingerprint density at radius 2 is 0.953 bits per heavy atom. The van der Waals surface area contributed by atoms with Crippen molar-refractivity contribution in [2.45, 2.75) is 64.4 Å². The zero-order valence-electron chi connectivity index (χ0n) is 35.0. The number of nitrogens with zero attached hydrogens (tertiary/aromatic N) is 4. The second kappa shape index (κ2) is 22.9. The molecule has 0 aliphatic heterocycles. The van der Waals surface area contributed by atoms with Crippen molar-refractivity contribution in [2.24, 2.45) is 20.5 Å². The molecule has 0 aliphatic carbocycles. The molecule has 2 unspecified atom stereocenters. The Bertz CT molecular complexity index is 2650. The maximum absolute atomic E-state index is 13.7. The number of benzene rings is 5. The Kier molecular flexibility index (Phi) is 17.4. The summed E-state index contributed by atoms with van der Waals surface area (Å²) in [7, 11) is 0. The predicted octanol–water partition coefficient (Wildman–Crippen LogP) is 11.5. The summed E-state index contributed by atoms with van der Waals surface area (Å²) in [5.41, 5.74) is 5.09. The third-order valence-electron chi connectivity index (χ3n) is 9.49. The number of alkyl halides is 2. The number of amides is 4. The molecule has 64 heavy (non-hydrogen) atoms. The summed E-state index contributed by atoms with van der Waals surface area (Å²) in [5, 5.41) is 27.6. The highest BCUT2D eigenvalue weighted by Crippen LogP contribution is 2.30. The molecular formula is C46H42Cl4N8O6. The quantitative estimate of drug-likeness (QED) is 0.0382. The van der Waals surface area contributed by atoms with Gasteiger partial charge in [0.1, 0.15) is 0 Å². The summed E-state index contributed by atoms with van der Waals surface area (Å²) in [6, 6.07) is 22.8. The number of carbonyl (C=O) groups excluding carboxylic acids is 6. The molecule has 4 amide bonds. The Labute approximate surface area is 389 Å². The van der Waals surface area contributed by atoms with Gasteiger partial charge in [0.25, 0.3) is 23.6 Å². The molecular weight excluding hydrogens is 902 g/mol. The first-order valence-corrected chi connectivity index (χ1v) is 21.6. The summed E-state index contributed by atoms with van der Waals surface area (Å²) in [5.74, 6) is -3.24. The summed E-state index contributed by atoms with van der Waals surface area (Å²) in [6.45, 7) is 6.08. The number of nitrogens with one attached hydrogen (secondary N) is 4. The molecule has 14 nitrogen and oxygen atoms in total. The molecule has 5 aromatic carbocycles. The van der Waals surface area contributed by atoms with Gasteiger partial charge in [-0.2, -0.15) is 20.5 Å². The van der Waals surface area contributed by atoms with Crippen molar-refractivity contribution in [1.29, 1.82) is 0 Å². The average Bonchev–Trinajstić information content (AvgIpc) is 3.27. The van der Waals surface area contributed by atoms with Crippen LogP contribution in [0.25, 0.3) is 0 Å². The lowest BCUT2D eigenvalue weighted by Crippen LogP contribution is -2.33. The number of halogens is 4. The van der Waals surface area contributed by atoms with Crippen molar-refractivity contribution in [2.75, 3.05) is 21.3 Å². The van der Waals surface area contributed by atoms with Crippen LogP contribution in [0, 0.1) is 0 Å². The van der Waals surface area contributed by atoms with E-state index in [2.05, 4.69) is 41.7 Å². The molecule has 5 rings (SSSR count). The van der Waals surface area contributed by atoms with E-state index in [0.29, 0.717) is 46.7 Å². The Balaban J connectivity index is 1.30. The summed E-state index contributed by atoms with van der Waals surface area (Å²) in [6.07, 6.45) is 0.787. The Morgan fingerprint density at radius 3 is 1.34 bits per heavy atom. The van der Waals surface area contributed by atoms with E-state index in [1.165, 1.54) is 50.2 Å². The maximum atomic E-state index is 13.7. The molecule has 0 aliphatic rings. The normalized spacial score (nSPS) is 12.1. The number of carbonyl (C=O) groups is 6. The van der Waals surface area contributed by atoms with E-state index in [1.54, 1.807) is 48.5 Å². The number of Topliss-reactive ketones (excluding diaryl/α,β-unsaturated/α-hetero) is 2. The third kappa shape index (κ3) is 12.9. The first-order chi connectivity index (χ1) is 30.6. The van der Waals surface area contributed by atoms with E-state index >= 15 is 0 Å². The lowest BCUT2D eigenvalue weighted by atomic mass is 10.0. The van der Waals surface area contributed by atoms with Crippen LogP contribution in [0.1, 0.15) is 70.7 Å². The van der Waals surface area contributed by atoms with E-state index in [9.17, 15) is 28.8 Å². The zero-order chi connectivity index (χ0) is 46.5. The van der Waals surface area contributed by atoms with Crippen LogP contribution in [0.5, 0.6) is 0 Å². The molecule has 0 heterocycles. The number of hydrogen-bond donors (Lipinski definition) is 4. The predicted molar refractivity (Wildman–Crippen MR) is 251 cm³/mol. The second-order valence-corrected chi connectivity index (χ2v) is 15.6. The van der Waals surface area contributed by atoms with Gasteiger partial charge >= 0.3 is 0 Å². The minimum absolute atomic E-state index is 0.0882. The summed E-state index contributed by atoms with van der Waals surface area (Å²) < 4.78 is 0. The van der Waals surface area contributed by atoms with Crippen LogP contribution in [0.15, 0.2) is 118 Å². The minimum Gasteiger partial charge on any atom is -0.324 e. The fraction of sp³-hybridized carbons (Fsp3) is 0.217. The lowest BCUT2D eigenvalue weighted by molar-refractivity contribution is -0.127. The number of ketones is 2. The van der Waals surface area contributed by atoms with Gasteiger partial charge in [-0.3, -0.25) is 28.8 Å². The van der Waals surface area contributed by atoms with Gasteiger partial charge in [-0.25, -0.2) is 0 Å². The van der Waals surface area contributed by atoms with Crippen LogP contribution in [-0.2, 0) is 43.8 Å². The number of azo groups is 2. The van der Waals surface area contributed by atoms with Crippen molar-refractivity contribution < 1.29 is 28.8 Å². The van der Waals surface area contributed by atoms with Crippen molar-refractivity contribution in [1.82, 2.24) is 0 Å². The molecule has 0 radical (unpaired) electrons. The van der Waals surface area contributed by atoms with Gasteiger partial charge in [-0.05, 0) is 122 Å². The summed E-state index contributed by atoms with van der Waals surface area (Å²) >= 11 is 24.5. The molecule has 0 spiro atoms. The lowest BCUT2D eigenvalue weighted by Gasteiger charge is -2.19. The highest BCUT2D eigenvalue weighted by molar-refractivity contribution is 6.35. The Hall–Kier alpha value is -6.32. The number of anilines is 4. The van der Waals surface area contributed by atoms with Crippen LogP contribution in [0.3, 0.4) is 0 Å². The highest BCUT2D eigenvalue weighted by Gasteiger charge is 2.27. The molecule has 5 aromatic rings. The van der Waals surface area contributed by atoms with E-state index in [4.69, 9.17) is 46.4 Å². The van der Waals surface area contributed by atoms with Crippen LogP contribution >= 0.6 is 46.4 Å². The zero-order valence-corrected chi connectivity index (χ0v) is 38.0. The smallest absolute Gasteiger partial charge is 0.258 e. The van der Waals surface area contributed by atoms with Crippen LogP contribution < -0.4 is 21.3 Å². The fourth-order valence-electron chi connectivity index (χ4n) is 6.21. The molecule has 0 saturated heterocycles. The van der Waals surface area contributed by atoms with E-state index in [1.807, 2.05) is 26.0 Å². The van der Waals surface area contributed by atoms with Crippen molar-refractivity contribution >= 4 is 116 Å². The van der Waals surface area contributed by atoms with Gasteiger partial charge in [-0.15, -0.1) is 23.2 Å². The van der Waals surface area contributed by atoms with Crippen LogP contribution in [-0.4, -0.2) is 47.3 Å². The fourth-order valence-corrected chi connectivity index (χ4v) is 6.95. The van der Waals surface area contributed by atoms with Crippen LogP contribution in [0.2, 0.25) is 10.0 Å².